The first-order valence-corrected chi connectivity index (χ1v) is 6.28. The molecular formula is C15H16N4. The first-order chi connectivity index (χ1) is 9.22. The van der Waals surface area contributed by atoms with Gasteiger partial charge in [-0.3, -0.25) is 0 Å². The molecule has 0 fully saturated rings. The van der Waals surface area contributed by atoms with Crippen LogP contribution in [0.2, 0.25) is 0 Å². The zero-order valence-electron chi connectivity index (χ0n) is 11.1. The number of nitrogens with zero attached hydrogens (tertiary/aromatic N) is 3. The van der Waals surface area contributed by atoms with Crippen molar-refractivity contribution in [3.05, 3.63) is 53.0 Å². The minimum absolute atomic E-state index is 0.652. The number of hydrogen-bond acceptors (Lipinski definition) is 4. The van der Waals surface area contributed by atoms with Gasteiger partial charge in [0.1, 0.15) is 11.6 Å². The smallest absolute Gasteiger partial charge is 0.133 e. The Labute approximate surface area is 113 Å². The number of aromatic nitrogens is 2. The van der Waals surface area contributed by atoms with Crippen LogP contribution in [-0.4, -0.2) is 9.97 Å². The molecule has 0 aliphatic carbocycles. The molecule has 1 heterocycles. The first-order valence-electron chi connectivity index (χ1n) is 6.28. The number of nitrogens with one attached hydrogen (secondary N) is 1. The van der Waals surface area contributed by atoms with Gasteiger partial charge in [-0.05, 0) is 31.0 Å². The maximum absolute atomic E-state index is 8.87. The number of nitriles is 1. The van der Waals surface area contributed by atoms with Gasteiger partial charge in [-0.15, -0.1) is 0 Å². The highest BCUT2D eigenvalue weighted by Gasteiger charge is 2.04. The molecule has 0 aliphatic heterocycles. The minimum atomic E-state index is 0.652. The average Bonchev–Trinajstić information content (AvgIpc) is 2.45. The van der Waals surface area contributed by atoms with E-state index in [-0.39, 0.29) is 0 Å². The number of rotatable bonds is 4. The van der Waals surface area contributed by atoms with Gasteiger partial charge in [-0.25, -0.2) is 9.97 Å². The Morgan fingerprint density at radius 3 is 2.95 bits per heavy atom. The number of benzene rings is 1. The van der Waals surface area contributed by atoms with E-state index in [1.54, 1.807) is 6.07 Å². The number of anilines is 1. The van der Waals surface area contributed by atoms with Crippen LogP contribution in [0.5, 0.6) is 0 Å². The van der Waals surface area contributed by atoms with Crippen molar-refractivity contribution >= 4 is 5.82 Å². The Balaban J connectivity index is 2.14. The third kappa shape index (κ3) is 3.29. The number of aryl methyl sites for hydroxylation is 2. The molecule has 0 spiro atoms. The van der Waals surface area contributed by atoms with Crippen LogP contribution >= 0.6 is 0 Å². The van der Waals surface area contributed by atoms with Crippen molar-refractivity contribution in [2.75, 3.05) is 5.32 Å². The first kappa shape index (κ1) is 13.0. The predicted octanol–water partition coefficient (Wildman–Crippen LogP) is 2.83. The Hall–Kier alpha value is -2.41. The molecule has 0 saturated heterocycles. The van der Waals surface area contributed by atoms with Gasteiger partial charge >= 0.3 is 0 Å². The molecule has 0 saturated carbocycles. The van der Waals surface area contributed by atoms with E-state index in [1.807, 2.05) is 31.3 Å². The topological polar surface area (TPSA) is 61.6 Å². The Morgan fingerprint density at radius 1 is 1.37 bits per heavy atom. The van der Waals surface area contributed by atoms with E-state index in [9.17, 15) is 0 Å². The summed E-state index contributed by atoms with van der Waals surface area (Å²) >= 11 is 0. The maximum Gasteiger partial charge on any atom is 0.133 e. The second-order valence-corrected chi connectivity index (χ2v) is 4.31. The van der Waals surface area contributed by atoms with Crippen LogP contribution in [0, 0.1) is 18.3 Å². The summed E-state index contributed by atoms with van der Waals surface area (Å²) in [4.78, 5) is 8.61. The Kier molecular flexibility index (Phi) is 4.09. The van der Waals surface area contributed by atoms with Crippen molar-refractivity contribution in [1.82, 2.24) is 9.97 Å². The molecule has 4 nitrogen and oxygen atoms in total. The molecule has 1 aromatic carbocycles. The molecule has 0 atom stereocenters. The molecule has 0 radical (unpaired) electrons. The Bertz CT molecular complexity index is 614. The fourth-order valence-corrected chi connectivity index (χ4v) is 1.84. The lowest BCUT2D eigenvalue weighted by atomic mass is 10.1. The highest BCUT2D eigenvalue weighted by atomic mass is 15.0. The second-order valence-electron chi connectivity index (χ2n) is 4.31. The molecule has 1 N–H and O–H groups in total. The van der Waals surface area contributed by atoms with Crippen LogP contribution in [0.1, 0.15) is 29.4 Å². The molecule has 4 heteroatoms. The standard InChI is InChI=1S/C15H16N4/c1-3-14-10-17-11(2)19-15(14)18-9-13-6-4-5-12(7-13)8-16/h4-7,10H,3,9H2,1-2H3,(H,17,18,19). The third-order valence-corrected chi connectivity index (χ3v) is 2.88. The van der Waals surface area contributed by atoms with Crippen LogP contribution in [0.25, 0.3) is 0 Å². The van der Waals surface area contributed by atoms with Crippen molar-refractivity contribution in [2.24, 2.45) is 0 Å². The Morgan fingerprint density at radius 2 is 2.21 bits per heavy atom. The molecule has 2 rings (SSSR count). The molecular weight excluding hydrogens is 236 g/mol. The molecule has 2 aromatic rings. The van der Waals surface area contributed by atoms with Crippen molar-refractivity contribution < 1.29 is 0 Å². The highest BCUT2D eigenvalue weighted by Crippen LogP contribution is 2.14. The van der Waals surface area contributed by atoms with E-state index in [4.69, 9.17) is 5.26 Å². The SMILES string of the molecule is CCc1cnc(C)nc1NCc1cccc(C#N)c1. The van der Waals surface area contributed by atoms with Gasteiger partial charge in [0.25, 0.3) is 0 Å². The average molecular weight is 252 g/mol. The summed E-state index contributed by atoms with van der Waals surface area (Å²) < 4.78 is 0. The summed E-state index contributed by atoms with van der Waals surface area (Å²) in [6, 6.07) is 9.71. The van der Waals surface area contributed by atoms with E-state index in [0.29, 0.717) is 12.1 Å². The molecule has 1 aromatic heterocycles. The largest absolute Gasteiger partial charge is 0.366 e. The monoisotopic (exact) mass is 252 g/mol. The van der Waals surface area contributed by atoms with E-state index >= 15 is 0 Å². The van der Waals surface area contributed by atoms with E-state index in [0.717, 1.165) is 29.2 Å². The summed E-state index contributed by atoms with van der Waals surface area (Å²) in [7, 11) is 0. The summed E-state index contributed by atoms with van der Waals surface area (Å²) in [6.07, 6.45) is 2.75. The highest BCUT2D eigenvalue weighted by molar-refractivity contribution is 5.44. The van der Waals surface area contributed by atoms with Crippen molar-refractivity contribution in [3.63, 3.8) is 0 Å². The zero-order valence-corrected chi connectivity index (χ0v) is 11.1. The minimum Gasteiger partial charge on any atom is -0.366 e. The molecule has 0 aliphatic rings. The zero-order chi connectivity index (χ0) is 13.7. The van der Waals surface area contributed by atoms with E-state index in [2.05, 4.69) is 28.3 Å². The predicted molar refractivity (Wildman–Crippen MR) is 74.6 cm³/mol. The lowest BCUT2D eigenvalue weighted by molar-refractivity contribution is 0.969. The van der Waals surface area contributed by atoms with Gasteiger partial charge in [0, 0.05) is 18.3 Å². The summed E-state index contributed by atoms with van der Waals surface area (Å²) in [5.41, 5.74) is 2.84. The van der Waals surface area contributed by atoms with Gasteiger partial charge in [-0.2, -0.15) is 5.26 Å². The molecule has 96 valence electrons. The van der Waals surface area contributed by atoms with E-state index < -0.39 is 0 Å². The molecule has 0 unspecified atom stereocenters. The molecule has 19 heavy (non-hydrogen) atoms. The van der Waals surface area contributed by atoms with Gasteiger partial charge in [0.05, 0.1) is 11.6 Å². The second kappa shape index (κ2) is 5.96. The van der Waals surface area contributed by atoms with Crippen molar-refractivity contribution in [2.45, 2.75) is 26.8 Å². The van der Waals surface area contributed by atoms with Crippen LogP contribution in [-0.2, 0) is 13.0 Å². The van der Waals surface area contributed by atoms with Gasteiger partial charge in [-0.1, -0.05) is 19.1 Å². The van der Waals surface area contributed by atoms with Crippen molar-refractivity contribution in [3.8, 4) is 6.07 Å². The summed E-state index contributed by atoms with van der Waals surface area (Å²) in [6.45, 7) is 4.61. The lowest BCUT2D eigenvalue weighted by Gasteiger charge is -2.10. The molecule has 0 bridgehead atoms. The van der Waals surface area contributed by atoms with Crippen LogP contribution in [0.4, 0.5) is 5.82 Å². The van der Waals surface area contributed by atoms with Crippen LogP contribution in [0.3, 0.4) is 0 Å². The van der Waals surface area contributed by atoms with Crippen LogP contribution < -0.4 is 5.32 Å². The normalized spacial score (nSPS) is 9.95. The van der Waals surface area contributed by atoms with Gasteiger partial charge < -0.3 is 5.32 Å². The third-order valence-electron chi connectivity index (χ3n) is 2.88. The van der Waals surface area contributed by atoms with Gasteiger partial charge in [0.2, 0.25) is 0 Å². The number of hydrogen-bond donors (Lipinski definition) is 1. The summed E-state index contributed by atoms with van der Waals surface area (Å²) in [5.74, 6) is 1.63. The van der Waals surface area contributed by atoms with Gasteiger partial charge in [0.15, 0.2) is 0 Å². The molecule has 0 amide bonds. The fourth-order valence-electron chi connectivity index (χ4n) is 1.84. The van der Waals surface area contributed by atoms with Crippen molar-refractivity contribution in [1.29, 1.82) is 5.26 Å². The quantitative estimate of drug-likeness (QED) is 0.908. The summed E-state index contributed by atoms with van der Waals surface area (Å²) in [5, 5.41) is 12.2. The van der Waals surface area contributed by atoms with E-state index in [1.165, 1.54) is 0 Å². The lowest BCUT2D eigenvalue weighted by Crippen LogP contribution is -2.06. The van der Waals surface area contributed by atoms with Crippen LogP contribution in [0.15, 0.2) is 30.5 Å². The maximum atomic E-state index is 8.87. The fraction of sp³-hybridized carbons (Fsp3) is 0.267.